The molecule has 0 saturated heterocycles. The molecule has 0 saturated carbocycles. The molecule has 0 aromatic heterocycles. The molecule has 0 unspecified atom stereocenters. The van der Waals surface area contributed by atoms with Crippen LogP contribution >= 0.6 is 0 Å². The van der Waals surface area contributed by atoms with E-state index in [-0.39, 0.29) is 25.0 Å². The first-order valence-electron chi connectivity index (χ1n) is 7.99. The monoisotopic (exact) mass is 338 g/mol. The summed E-state index contributed by atoms with van der Waals surface area (Å²) in [5.74, 6) is -0.655. The van der Waals surface area contributed by atoms with Gasteiger partial charge in [0.1, 0.15) is 0 Å². The van der Waals surface area contributed by atoms with Crippen LogP contribution in [0.2, 0.25) is 0 Å². The standard InChI is InChI=1S/C16H32O2.H2O.Zn/c1-2-3-4-5-6-7-8-9-10-11-12-13-14-15-16(17)18;;/h2-15H2,1H3,(H,17,18);1H2;. The van der Waals surface area contributed by atoms with Crippen molar-refractivity contribution < 1.29 is 34.9 Å². The smallest absolute Gasteiger partial charge is 0.303 e. The number of hydrogen-bond acceptors (Lipinski definition) is 1. The summed E-state index contributed by atoms with van der Waals surface area (Å²) >= 11 is 0. The van der Waals surface area contributed by atoms with Crippen molar-refractivity contribution in [3.63, 3.8) is 0 Å². The van der Waals surface area contributed by atoms with Gasteiger partial charge < -0.3 is 10.6 Å². The fourth-order valence-corrected chi connectivity index (χ4v) is 2.29. The number of carboxylic acids is 1. The maximum absolute atomic E-state index is 10.3. The van der Waals surface area contributed by atoms with E-state index in [4.69, 9.17) is 5.11 Å². The third-order valence-corrected chi connectivity index (χ3v) is 3.49. The minimum Gasteiger partial charge on any atom is -0.481 e. The van der Waals surface area contributed by atoms with Gasteiger partial charge in [-0.15, -0.1) is 0 Å². The summed E-state index contributed by atoms with van der Waals surface area (Å²) < 4.78 is 0. The molecule has 0 aromatic carbocycles. The third-order valence-electron chi connectivity index (χ3n) is 3.49. The Balaban J connectivity index is -0.00000144. The van der Waals surface area contributed by atoms with Crippen molar-refractivity contribution in [2.75, 3.05) is 0 Å². The molecule has 0 aliphatic heterocycles. The van der Waals surface area contributed by atoms with Crippen molar-refractivity contribution in [2.24, 2.45) is 0 Å². The van der Waals surface area contributed by atoms with Gasteiger partial charge in [0.2, 0.25) is 0 Å². The van der Waals surface area contributed by atoms with Crippen LogP contribution in [0.3, 0.4) is 0 Å². The van der Waals surface area contributed by atoms with Crippen LogP contribution in [0.15, 0.2) is 0 Å². The van der Waals surface area contributed by atoms with Gasteiger partial charge in [-0.2, -0.15) is 0 Å². The van der Waals surface area contributed by atoms with Gasteiger partial charge in [0.15, 0.2) is 0 Å². The predicted octanol–water partition coefficient (Wildman–Crippen LogP) is 4.73. The molecule has 0 aliphatic rings. The fourth-order valence-electron chi connectivity index (χ4n) is 2.29. The molecule has 0 radical (unpaired) electrons. The number of hydrogen-bond donors (Lipinski definition) is 1. The summed E-state index contributed by atoms with van der Waals surface area (Å²) in [6.45, 7) is 2.26. The Bertz CT molecular complexity index is 187. The van der Waals surface area contributed by atoms with E-state index in [9.17, 15) is 4.79 Å². The molecule has 118 valence electrons. The van der Waals surface area contributed by atoms with E-state index in [1.54, 1.807) is 0 Å². The second kappa shape index (κ2) is 21.4. The van der Waals surface area contributed by atoms with Gasteiger partial charge in [-0.1, -0.05) is 84.0 Å². The van der Waals surface area contributed by atoms with Crippen LogP contribution in [-0.2, 0) is 24.3 Å². The van der Waals surface area contributed by atoms with Crippen molar-refractivity contribution in [1.82, 2.24) is 0 Å². The molecule has 0 atom stereocenters. The Morgan fingerprint density at radius 3 is 1.30 bits per heavy atom. The molecule has 3 N–H and O–H groups in total. The molecule has 0 rings (SSSR count). The van der Waals surface area contributed by atoms with Crippen LogP contribution < -0.4 is 0 Å². The molecule has 0 spiro atoms. The fraction of sp³-hybridized carbons (Fsp3) is 0.938. The summed E-state index contributed by atoms with van der Waals surface area (Å²) in [4.78, 5) is 10.3. The maximum atomic E-state index is 10.3. The average Bonchev–Trinajstić information content (AvgIpc) is 2.34. The first-order chi connectivity index (χ1) is 8.77. The van der Waals surface area contributed by atoms with E-state index in [0.29, 0.717) is 6.42 Å². The summed E-state index contributed by atoms with van der Waals surface area (Å²) in [6, 6.07) is 0. The molecular formula is C16H34O3Zn. The number of aliphatic carboxylic acids is 1. The van der Waals surface area contributed by atoms with Crippen molar-refractivity contribution in [3.8, 4) is 0 Å². The van der Waals surface area contributed by atoms with Gasteiger partial charge in [0, 0.05) is 25.9 Å². The summed E-state index contributed by atoms with van der Waals surface area (Å²) in [6.07, 6.45) is 17.3. The van der Waals surface area contributed by atoms with Crippen LogP contribution in [0.5, 0.6) is 0 Å². The van der Waals surface area contributed by atoms with Gasteiger partial charge in [-0.25, -0.2) is 0 Å². The van der Waals surface area contributed by atoms with Crippen molar-refractivity contribution >= 4 is 5.97 Å². The van der Waals surface area contributed by atoms with E-state index in [2.05, 4.69) is 6.92 Å². The van der Waals surface area contributed by atoms with E-state index in [0.717, 1.165) is 12.8 Å². The van der Waals surface area contributed by atoms with Gasteiger partial charge >= 0.3 is 5.97 Å². The normalized spacial score (nSPS) is 9.65. The quantitative estimate of drug-likeness (QED) is 0.367. The zero-order valence-electron chi connectivity index (χ0n) is 13.5. The molecule has 3 nitrogen and oxygen atoms in total. The zero-order chi connectivity index (χ0) is 13.5. The molecule has 0 aliphatic carbocycles. The van der Waals surface area contributed by atoms with Gasteiger partial charge in [-0.3, -0.25) is 4.79 Å². The molecule has 0 heterocycles. The number of carbonyl (C=O) groups is 1. The summed E-state index contributed by atoms with van der Waals surface area (Å²) in [5.41, 5.74) is 0. The molecule has 4 heteroatoms. The maximum Gasteiger partial charge on any atom is 0.303 e. The molecule has 0 amide bonds. The Labute approximate surface area is 138 Å². The Morgan fingerprint density at radius 1 is 0.700 bits per heavy atom. The number of carboxylic acid groups (broad SMARTS) is 1. The molecule has 0 bridgehead atoms. The van der Waals surface area contributed by atoms with Crippen LogP contribution in [0, 0.1) is 0 Å². The average molecular weight is 340 g/mol. The molecule has 0 fully saturated rings. The largest absolute Gasteiger partial charge is 0.481 e. The minimum absolute atomic E-state index is 0. The second-order valence-corrected chi connectivity index (χ2v) is 5.39. The van der Waals surface area contributed by atoms with Gasteiger partial charge in [0.25, 0.3) is 0 Å². The Morgan fingerprint density at radius 2 is 1.00 bits per heavy atom. The van der Waals surface area contributed by atoms with Gasteiger partial charge in [0.05, 0.1) is 0 Å². The summed E-state index contributed by atoms with van der Waals surface area (Å²) in [5, 5.41) is 8.49. The van der Waals surface area contributed by atoms with Gasteiger partial charge in [-0.05, 0) is 6.42 Å². The van der Waals surface area contributed by atoms with Crippen molar-refractivity contribution in [3.05, 3.63) is 0 Å². The number of unbranched alkanes of at least 4 members (excludes halogenated alkanes) is 12. The minimum atomic E-state index is -0.655. The third kappa shape index (κ3) is 23.2. The first kappa shape index (κ1) is 25.0. The predicted molar refractivity (Wildman–Crippen MR) is 81.6 cm³/mol. The first-order valence-corrected chi connectivity index (χ1v) is 7.99. The number of rotatable bonds is 14. The van der Waals surface area contributed by atoms with E-state index >= 15 is 0 Å². The van der Waals surface area contributed by atoms with E-state index in [1.807, 2.05) is 0 Å². The SMILES string of the molecule is CCCCCCCCCCCCCCCC(=O)O.O.[Zn]. The van der Waals surface area contributed by atoms with E-state index in [1.165, 1.54) is 70.6 Å². The van der Waals surface area contributed by atoms with Crippen LogP contribution in [0.25, 0.3) is 0 Å². The van der Waals surface area contributed by atoms with Crippen LogP contribution in [0.1, 0.15) is 96.8 Å². The topological polar surface area (TPSA) is 68.8 Å². The molecule has 0 aromatic rings. The van der Waals surface area contributed by atoms with Crippen LogP contribution in [-0.4, -0.2) is 16.6 Å². The van der Waals surface area contributed by atoms with Crippen molar-refractivity contribution in [1.29, 1.82) is 0 Å². The van der Waals surface area contributed by atoms with Crippen LogP contribution in [0.4, 0.5) is 0 Å². The Hall–Kier alpha value is 0.0534. The molecule has 20 heavy (non-hydrogen) atoms. The molecular weight excluding hydrogens is 306 g/mol. The van der Waals surface area contributed by atoms with E-state index < -0.39 is 5.97 Å². The second-order valence-electron chi connectivity index (χ2n) is 5.39. The Kier molecular flexibility index (Phi) is 26.7. The van der Waals surface area contributed by atoms with Crippen molar-refractivity contribution in [2.45, 2.75) is 96.8 Å². The zero-order valence-corrected chi connectivity index (χ0v) is 16.4. The summed E-state index contributed by atoms with van der Waals surface area (Å²) in [7, 11) is 0.